The van der Waals surface area contributed by atoms with Crippen molar-refractivity contribution in [3.05, 3.63) is 18.2 Å². The molecule has 0 aromatic heterocycles. The zero-order chi connectivity index (χ0) is 19.3. The number of nitrogens with zero attached hydrogens (tertiary/aromatic N) is 1. The van der Waals surface area contributed by atoms with Crippen LogP contribution in [-0.4, -0.2) is 49.7 Å². The number of ether oxygens (including phenoxy) is 2. The van der Waals surface area contributed by atoms with Gasteiger partial charge in [0, 0.05) is 19.0 Å². The highest BCUT2D eigenvalue weighted by molar-refractivity contribution is 6.01. The van der Waals surface area contributed by atoms with E-state index in [1.165, 1.54) is 19.1 Å². The quantitative estimate of drug-likeness (QED) is 0.723. The largest absolute Gasteiger partial charge is 0.497 e. The highest BCUT2D eigenvalue weighted by Crippen LogP contribution is 2.35. The Kier molecular flexibility index (Phi) is 6.43. The lowest BCUT2D eigenvalue weighted by Gasteiger charge is -2.20. The van der Waals surface area contributed by atoms with Crippen molar-refractivity contribution in [2.75, 3.05) is 25.7 Å². The number of methoxy groups -OCH3 is 2. The molecule has 1 aliphatic heterocycles. The first-order chi connectivity index (χ1) is 12.4. The molecule has 1 aliphatic rings. The maximum atomic E-state index is 12.4. The number of nitrogens with one attached hydrogen (secondary N) is 1. The number of hydrogen-bond donors (Lipinski definition) is 2. The second kappa shape index (κ2) is 8.55. The lowest BCUT2D eigenvalue weighted by Crippen LogP contribution is -2.44. The van der Waals surface area contributed by atoms with E-state index in [4.69, 9.17) is 9.47 Å². The van der Waals surface area contributed by atoms with Gasteiger partial charge in [0.2, 0.25) is 11.8 Å². The van der Waals surface area contributed by atoms with Crippen molar-refractivity contribution >= 4 is 23.5 Å². The molecule has 2 unspecified atom stereocenters. The molecule has 1 saturated heterocycles. The zero-order valence-electron chi connectivity index (χ0n) is 15.2. The van der Waals surface area contributed by atoms with E-state index in [0.717, 1.165) is 0 Å². The highest BCUT2D eigenvalue weighted by atomic mass is 16.5. The SMILES string of the molecule is CCCC(NC(=O)C1CC(=O)N(c2ccc(OC)cc2OC)C1)C(=O)O. The number of rotatable bonds is 8. The maximum absolute atomic E-state index is 12.4. The summed E-state index contributed by atoms with van der Waals surface area (Å²) in [6.45, 7) is 2.02. The molecule has 142 valence electrons. The molecule has 0 saturated carbocycles. The molecule has 1 heterocycles. The number of benzene rings is 1. The van der Waals surface area contributed by atoms with Crippen LogP contribution in [0.2, 0.25) is 0 Å². The first-order valence-corrected chi connectivity index (χ1v) is 8.46. The van der Waals surface area contributed by atoms with Crippen LogP contribution >= 0.6 is 0 Å². The first kappa shape index (κ1) is 19.6. The Bertz CT molecular complexity index is 690. The van der Waals surface area contributed by atoms with Crippen LogP contribution < -0.4 is 19.7 Å². The highest BCUT2D eigenvalue weighted by Gasteiger charge is 2.37. The molecule has 0 bridgehead atoms. The summed E-state index contributed by atoms with van der Waals surface area (Å²) in [6.07, 6.45) is 1.01. The smallest absolute Gasteiger partial charge is 0.326 e. The topological polar surface area (TPSA) is 105 Å². The lowest BCUT2D eigenvalue weighted by molar-refractivity contribution is -0.142. The van der Waals surface area contributed by atoms with E-state index >= 15 is 0 Å². The summed E-state index contributed by atoms with van der Waals surface area (Å²) >= 11 is 0. The monoisotopic (exact) mass is 364 g/mol. The van der Waals surface area contributed by atoms with Crippen molar-refractivity contribution in [1.29, 1.82) is 0 Å². The molecule has 1 aromatic carbocycles. The van der Waals surface area contributed by atoms with E-state index in [0.29, 0.717) is 30.0 Å². The van der Waals surface area contributed by atoms with E-state index in [1.54, 1.807) is 18.2 Å². The molecule has 2 rings (SSSR count). The van der Waals surface area contributed by atoms with Crippen LogP contribution in [0.1, 0.15) is 26.2 Å². The molecule has 1 fully saturated rings. The van der Waals surface area contributed by atoms with Gasteiger partial charge in [0.05, 0.1) is 25.8 Å². The number of aliphatic carboxylic acids is 1. The average Bonchev–Trinajstić information content (AvgIpc) is 3.02. The Balaban J connectivity index is 2.13. The number of amides is 2. The summed E-state index contributed by atoms with van der Waals surface area (Å²) in [5.41, 5.74) is 0.553. The minimum atomic E-state index is -1.07. The van der Waals surface area contributed by atoms with Crippen LogP contribution in [0.15, 0.2) is 18.2 Å². The van der Waals surface area contributed by atoms with E-state index in [2.05, 4.69) is 5.32 Å². The molecule has 0 radical (unpaired) electrons. The van der Waals surface area contributed by atoms with Crippen molar-refractivity contribution in [3.8, 4) is 11.5 Å². The van der Waals surface area contributed by atoms with Crippen molar-refractivity contribution in [2.45, 2.75) is 32.2 Å². The number of carboxylic acids is 1. The summed E-state index contributed by atoms with van der Waals surface area (Å²) in [5.74, 6) is -1.25. The summed E-state index contributed by atoms with van der Waals surface area (Å²) in [6, 6.07) is 4.14. The maximum Gasteiger partial charge on any atom is 0.326 e. The third-order valence-corrected chi connectivity index (χ3v) is 4.37. The second-order valence-corrected chi connectivity index (χ2v) is 6.13. The molecule has 2 N–H and O–H groups in total. The van der Waals surface area contributed by atoms with Gasteiger partial charge in [0.1, 0.15) is 17.5 Å². The molecule has 8 heteroatoms. The predicted octanol–water partition coefficient (Wildman–Crippen LogP) is 1.43. The second-order valence-electron chi connectivity index (χ2n) is 6.13. The van der Waals surface area contributed by atoms with Gasteiger partial charge in [-0.25, -0.2) is 4.79 Å². The van der Waals surface area contributed by atoms with Crippen LogP contribution in [0.25, 0.3) is 0 Å². The van der Waals surface area contributed by atoms with E-state index < -0.39 is 23.8 Å². The van der Waals surface area contributed by atoms with Gasteiger partial charge in [-0.15, -0.1) is 0 Å². The molecule has 1 aromatic rings. The van der Waals surface area contributed by atoms with Gasteiger partial charge in [0.15, 0.2) is 0 Å². The third-order valence-electron chi connectivity index (χ3n) is 4.37. The molecule has 26 heavy (non-hydrogen) atoms. The van der Waals surface area contributed by atoms with Crippen molar-refractivity contribution < 1.29 is 29.0 Å². The minimum Gasteiger partial charge on any atom is -0.497 e. The van der Waals surface area contributed by atoms with Crippen LogP contribution in [0.5, 0.6) is 11.5 Å². The Morgan fingerprint density at radius 3 is 2.65 bits per heavy atom. The normalized spacial score (nSPS) is 17.7. The fraction of sp³-hybridized carbons (Fsp3) is 0.500. The Labute approximate surface area is 152 Å². The van der Waals surface area contributed by atoms with Gasteiger partial charge >= 0.3 is 5.97 Å². The number of carbonyl (C=O) groups excluding carboxylic acids is 2. The molecular formula is C18H24N2O6. The van der Waals surface area contributed by atoms with Gasteiger partial charge < -0.3 is 24.8 Å². The fourth-order valence-electron chi connectivity index (χ4n) is 2.96. The Hall–Kier alpha value is -2.77. The molecule has 2 amide bonds. The molecule has 0 aliphatic carbocycles. The van der Waals surface area contributed by atoms with Crippen LogP contribution in [-0.2, 0) is 14.4 Å². The predicted molar refractivity (Wildman–Crippen MR) is 94.5 cm³/mol. The number of hydrogen-bond acceptors (Lipinski definition) is 5. The Morgan fingerprint density at radius 1 is 1.35 bits per heavy atom. The summed E-state index contributed by atoms with van der Waals surface area (Å²) in [7, 11) is 3.02. The lowest BCUT2D eigenvalue weighted by atomic mass is 10.1. The van der Waals surface area contributed by atoms with Gasteiger partial charge in [0.25, 0.3) is 0 Å². The molecular weight excluding hydrogens is 340 g/mol. The first-order valence-electron chi connectivity index (χ1n) is 8.46. The van der Waals surface area contributed by atoms with Gasteiger partial charge in [-0.05, 0) is 18.6 Å². The van der Waals surface area contributed by atoms with Gasteiger partial charge in [-0.2, -0.15) is 0 Å². The van der Waals surface area contributed by atoms with E-state index in [1.807, 2.05) is 6.92 Å². The Morgan fingerprint density at radius 2 is 2.08 bits per heavy atom. The van der Waals surface area contributed by atoms with Crippen molar-refractivity contribution in [2.24, 2.45) is 5.92 Å². The van der Waals surface area contributed by atoms with Crippen LogP contribution in [0.3, 0.4) is 0 Å². The number of carbonyl (C=O) groups is 3. The summed E-state index contributed by atoms with van der Waals surface area (Å²) < 4.78 is 10.5. The average molecular weight is 364 g/mol. The standard InChI is InChI=1S/C18H24N2O6/c1-4-5-13(18(23)24)19-17(22)11-8-16(21)20(10-11)14-7-6-12(25-2)9-15(14)26-3/h6-7,9,11,13H,4-5,8,10H2,1-3H3,(H,19,22)(H,23,24). The van der Waals surface area contributed by atoms with Crippen LogP contribution in [0.4, 0.5) is 5.69 Å². The number of carboxylic acid groups (broad SMARTS) is 1. The van der Waals surface area contributed by atoms with Gasteiger partial charge in [-0.3, -0.25) is 9.59 Å². The third kappa shape index (κ3) is 4.25. The number of anilines is 1. The van der Waals surface area contributed by atoms with Gasteiger partial charge in [-0.1, -0.05) is 13.3 Å². The fourth-order valence-corrected chi connectivity index (χ4v) is 2.96. The summed E-state index contributed by atoms with van der Waals surface area (Å²) in [4.78, 5) is 37.5. The minimum absolute atomic E-state index is 0.0273. The van der Waals surface area contributed by atoms with E-state index in [-0.39, 0.29) is 18.9 Å². The molecule has 0 spiro atoms. The van der Waals surface area contributed by atoms with E-state index in [9.17, 15) is 19.5 Å². The van der Waals surface area contributed by atoms with Crippen molar-refractivity contribution in [1.82, 2.24) is 5.32 Å². The zero-order valence-corrected chi connectivity index (χ0v) is 15.2. The summed E-state index contributed by atoms with van der Waals surface area (Å²) in [5, 5.41) is 11.7. The molecule has 8 nitrogen and oxygen atoms in total. The molecule has 2 atom stereocenters. The van der Waals surface area contributed by atoms with Crippen molar-refractivity contribution in [3.63, 3.8) is 0 Å². The van der Waals surface area contributed by atoms with Crippen LogP contribution in [0, 0.1) is 5.92 Å².